The van der Waals surface area contributed by atoms with E-state index in [2.05, 4.69) is 115 Å². The fraction of sp³-hybridized carbons (Fsp3) is 0. The SMILES string of the molecule is c1ccc(-c2nc(-c3ccccc3)nc(-c3ccc(-c4ccc5c(c4)oc4c(-c6ccc7ccccc7c6)c6ccccc6cc45)cc3)n2)cc1. The number of nitrogens with zero attached hydrogens (tertiary/aromatic N) is 3. The molecule has 10 rings (SSSR count). The van der Waals surface area contributed by atoms with E-state index < -0.39 is 0 Å². The summed E-state index contributed by atoms with van der Waals surface area (Å²) in [5.41, 5.74) is 9.03. The monoisotopic (exact) mass is 651 g/mol. The van der Waals surface area contributed by atoms with Crippen molar-refractivity contribution >= 4 is 43.5 Å². The number of hydrogen-bond donors (Lipinski definition) is 0. The van der Waals surface area contributed by atoms with Crippen LogP contribution >= 0.6 is 0 Å². The molecular weight excluding hydrogens is 623 g/mol. The Morgan fingerprint density at radius 2 is 0.843 bits per heavy atom. The van der Waals surface area contributed by atoms with E-state index in [1.807, 2.05) is 60.7 Å². The van der Waals surface area contributed by atoms with Crippen molar-refractivity contribution in [2.75, 3.05) is 0 Å². The highest BCUT2D eigenvalue weighted by Gasteiger charge is 2.18. The highest BCUT2D eigenvalue weighted by molar-refractivity contribution is 6.19. The molecular formula is C47H29N3O. The van der Waals surface area contributed by atoms with Crippen molar-refractivity contribution in [3.8, 4) is 56.4 Å². The molecule has 0 fully saturated rings. The molecule has 4 heteroatoms. The minimum atomic E-state index is 0.635. The summed E-state index contributed by atoms with van der Waals surface area (Å²) in [6.07, 6.45) is 0. The Labute approximate surface area is 294 Å². The second-order valence-electron chi connectivity index (χ2n) is 12.8. The number of fused-ring (bicyclic) bond motifs is 5. The van der Waals surface area contributed by atoms with E-state index in [4.69, 9.17) is 19.4 Å². The van der Waals surface area contributed by atoms with Crippen LogP contribution in [0.2, 0.25) is 0 Å². The summed E-state index contributed by atoms with van der Waals surface area (Å²) >= 11 is 0. The van der Waals surface area contributed by atoms with E-state index in [0.29, 0.717) is 17.5 Å². The summed E-state index contributed by atoms with van der Waals surface area (Å²) in [7, 11) is 0. The normalized spacial score (nSPS) is 11.5. The van der Waals surface area contributed by atoms with Crippen LogP contribution in [-0.4, -0.2) is 15.0 Å². The van der Waals surface area contributed by atoms with Crippen LogP contribution in [-0.2, 0) is 0 Å². The van der Waals surface area contributed by atoms with E-state index in [1.165, 1.54) is 21.5 Å². The first-order valence-corrected chi connectivity index (χ1v) is 17.1. The second kappa shape index (κ2) is 11.9. The molecule has 0 saturated carbocycles. The summed E-state index contributed by atoms with van der Waals surface area (Å²) in [4.78, 5) is 14.6. The summed E-state index contributed by atoms with van der Waals surface area (Å²) in [5.74, 6) is 1.93. The lowest BCUT2D eigenvalue weighted by Gasteiger charge is -2.10. The third kappa shape index (κ3) is 5.13. The van der Waals surface area contributed by atoms with Crippen LogP contribution in [0.1, 0.15) is 0 Å². The zero-order valence-electron chi connectivity index (χ0n) is 27.5. The van der Waals surface area contributed by atoms with Gasteiger partial charge in [0.1, 0.15) is 11.2 Å². The van der Waals surface area contributed by atoms with Gasteiger partial charge < -0.3 is 4.42 Å². The van der Waals surface area contributed by atoms with Gasteiger partial charge in [0.15, 0.2) is 17.5 Å². The molecule has 0 saturated heterocycles. The van der Waals surface area contributed by atoms with Crippen LogP contribution in [0.4, 0.5) is 0 Å². The molecule has 0 radical (unpaired) electrons. The summed E-state index contributed by atoms with van der Waals surface area (Å²) in [6, 6.07) is 61.1. The maximum Gasteiger partial charge on any atom is 0.164 e. The number of rotatable bonds is 5. The zero-order valence-corrected chi connectivity index (χ0v) is 27.5. The van der Waals surface area contributed by atoms with Gasteiger partial charge in [-0.3, -0.25) is 0 Å². The second-order valence-corrected chi connectivity index (χ2v) is 12.8. The molecule has 0 atom stereocenters. The molecule has 2 aromatic heterocycles. The Hall–Kier alpha value is -6.91. The van der Waals surface area contributed by atoms with Gasteiger partial charge in [0.05, 0.1) is 0 Å². The fourth-order valence-corrected chi connectivity index (χ4v) is 7.13. The van der Waals surface area contributed by atoms with Gasteiger partial charge in [0.25, 0.3) is 0 Å². The molecule has 4 nitrogen and oxygen atoms in total. The van der Waals surface area contributed by atoms with Gasteiger partial charge in [-0.05, 0) is 62.5 Å². The number of hydrogen-bond acceptors (Lipinski definition) is 4. The average molecular weight is 652 g/mol. The van der Waals surface area contributed by atoms with Crippen molar-refractivity contribution in [2.45, 2.75) is 0 Å². The van der Waals surface area contributed by atoms with Crippen LogP contribution in [0.15, 0.2) is 180 Å². The third-order valence-electron chi connectivity index (χ3n) is 9.70. The van der Waals surface area contributed by atoms with E-state index >= 15 is 0 Å². The van der Waals surface area contributed by atoms with Gasteiger partial charge in [-0.25, -0.2) is 15.0 Å². The Morgan fingerprint density at radius 3 is 1.53 bits per heavy atom. The van der Waals surface area contributed by atoms with Crippen molar-refractivity contribution in [1.29, 1.82) is 0 Å². The van der Waals surface area contributed by atoms with E-state index in [1.54, 1.807) is 0 Å². The molecule has 8 aromatic carbocycles. The van der Waals surface area contributed by atoms with Crippen LogP contribution in [0.5, 0.6) is 0 Å². The van der Waals surface area contributed by atoms with Gasteiger partial charge in [-0.2, -0.15) is 0 Å². The Morgan fingerprint density at radius 1 is 0.314 bits per heavy atom. The van der Waals surface area contributed by atoms with Crippen molar-refractivity contribution in [2.24, 2.45) is 0 Å². The zero-order chi connectivity index (χ0) is 33.7. The van der Waals surface area contributed by atoms with Crippen LogP contribution < -0.4 is 0 Å². The first kappa shape index (κ1) is 29.0. The largest absolute Gasteiger partial charge is 0.455 e. The van der Waals surface area contributed by atoms with Crippen molar-refractivity contribution in [1.82, 2.24) is 15.0 Å². The van der Waals surface area contributed by atoms with E-state index in [0.717, 1.165) is 60.9 Å². The highest BCUT2D eigenvalue weighted by atomic mass is 16.3. The molecule has 0 amide bonds. The minimum Gasteiger partial charge on any atom is -0.455 e. The lowest BCUT2D eigenvalue weighted by atomic mass is 9.93. The molecule has 0 aliphatic heterocycles. The van der Waals surface area contributed by atoms with Crippen molar-refractivity contribution in [3.05, 3.63) is 176 Å². The molecule has 0 spiro atoms. The first-order valence-electron chi connectivity index (χ1n) is 17.1. The molecule has 0 aliphatic rings. The van der Waals surface area contributed by atoms with Gasteiger partial charge in [0, 0.05) is 33.0 Å². The predicted molar refractivity (Wildman–Crippen MR) is 209 cm³/mol. The summed E-state index contributed by atoms with van der Waals surface area (Å²) in [5, 5.41) is 7.03. The summed E-state index contributed by atoms with van der Waals surface area (Å²) in [6.45, 7) is 0. The quantitative estimate of drug-likeness (QED) is 0.186. The van der Waals surface area contributed by atoms with Gasteiger partial charge in [-0.15, -0.1) is 0 Å². The molecule has 0 N–H and O–H groups in total. The molecule has 0 aliphatic carbocycles. The maximum absolute atomic E-state index is 6.80. The number of aromatic nitrogens is 3. The van der Waals surface area contributed by atoms with Gasteiger partial charge >= 0.3 is 0 Å². The van der Waals surface area contributed by atoms with Gasteiger partial charge in [-0.1, -0.05) is 152 Å². The topological polar surface area (TPSA) is 51.8 Å². The van der Waals surface area contributed by atoms with Crippen LogP contribution in [0.3, 0.4) is 0 Å². The molecule has 0 bridgehead atoms. The van der Waals surface area contributed by atoms with E-state index in [9.17, 15) is 0 Å². The first-order chi connectivity index (χ1) is 25.2. The molecule has 238 valence electrons. The minimum absolute atomic E-state index is 0.635. The lowest BCUT2D eigenvalue weighted by molar-refractivity contribution is 0.670. The lowest BCUT2D eigenvalue weighted by Crippen LogP contribution is -2.00. The maximum atomic E-state index is 6.80. The average Bonchev–Trinajstić information content (AvgIpc) is 3.57. The summed E-state index contributed by atoms with van der Waals surface area (Å²) < 4.78 is 6.80. The Bertz CT molecular complexity index is 2840. The van der Waals surface area contributed by atoms with Crippen molar-refractivity contribution in [3.63, 3.8) is 0 Å². The smallest absolute Gasteiger partial charge is 0.164 e. The van der Waals surface area contributed by atoms with Crippen molar-refractivity contribution < 1.29 is 4.42 Å². The molecule has 10 aromatic rings. The number of furan rings is 1. The fourth-order valence-electron chi connectivity index (χ4n) is 7.13. The Balaban J connectivity index is 1.07. The molecule has 51 heavy (non-hydrogen) atoms. The Kier molecular flexibility index (Phi) is 6.78. The van der Waals surface area contributed by atoms with Crippen LogP contribution in [0.25, 0.3) is 99.9 Å². The standard InChI is InChI=1S/C47H29N3O/c1-3-12-32(13-4-1)45-48-46(33-14-5-2-6-15-33)50-47(49-45)34-22-19-31(20-23-34)36-25-26-40-41-28-37-17-9-10-18-39(37)43(44(41)51-42(40)29-36)38-24-21-30-11-7-8-16-35(30)27-38/h1-29H. The molecule has 2 heterocycles. The third-order valence-corrected chi connectivity index (χ3v) is 9.70. The predicted octanol–water partition coefficient (Wildman–Crippen LogP) is 12.4. The van der Waals surface area contributed by atoms with E-state index in [-0.39, 0.29) is 0 Å². The van der Waals surface area contributed by atoms with Crippen LogP contribution in [0, 0.1) is 0 Å². The molecule has 0 unspecified atom stereocenters. The van der Waals surface area contributed by atoms with Gasteiger partial charge in [0.2, 0.25) is 0 Å². The number of benzene rings is 8. The highest BCUT2D eigenvalue weighted by Crippen LogP contribution is 2.42.